The van der Waals surface area contributed by atoms with Crippen LogP contribution in [0.15, 0.2) is 72.9 Å². The Bertz CT molecular complexity index is 1470. The van der Waals surface area contributed by atoms with Gasteiger partial charge >= 0.3 is 17.9 Å². The van der Waals surface area contributed by atoms with Crippen molar-refractivity contribution in [2.45, 2.75) is 367 Å². The number of esters is 3. The molecule has 0 aliphatic carbocycles. The predicted molar refractivity (Wildman–Crippen MR) is 348 cm³/mol. The lowest BCUT2D eigenvalue weighted by atomic mass is 10.0. The molecule has 0 spiro atoms. The average molecular weight is 1120 g/mol. The van der Waals surface area contributed by atoms with Gasteiger partial charge in [0.1, 0.15) is 13.2 Å². The molecule has 0 amide bonds. The van der Waals surface area contributed by atoms with E-state index in [1.807, 2.05) is 0 Å². The second-order valence-corrected chi connectivity index (χ2v) is 23.4. The Kier molecular flexibility index (Phi) is 65.7. The van der Waals surface area contributed by atoms with Gasteiger partial charge < -0.3 is 14.2 Å². The van der Waals surface area contributed by atoms with Crippen molar-refractivity contribution >= 4 is 17.9 Å². The third kappa shape index (κ3) is 65.7. The first-order valence-electron chi connectivity index (χ1n) is 34.9. The molecule has 0 N–H and O–H groups in total. The van der Waals surface area contributed by atoms with Crippen LogP contribution in [0.4, 0.5) is 0 Å². The molecule has 80 heavy (non-hydrogen) atoms. The summed E-state index contributed by atoms with van der Waals surface area (Å²) in [6, 6.07) is 0. The maximum atomic E-state index is 12.9. The minimum atomic E-state index is -0.789. The zero-order chi connectivity index (χ0) is 57.8. The molecule has 0 saturated carbocycles. The van der Waals surface area contributed by atoms with Crippen molar-refractivity contribution < 1.29 is 28.6 Å². The summed E-state index contributed by atoms with van der Waals surface area (Å²) in [6.45, 7) is 6.60. The monoisotopic (exact) mass is 1120 g/mol. The highest BCUT2D eigenvalue weighted by molar-refractivity contribution is 5.71. The van der Waals surface area contributed by atoms with Crippen molar-refractivity contribution in [1.29, 1.82) is 0 Å². The van der Waals surface area contributed by atoms with Crippen LogP contribution in [0.25, 0.3) is 0 Å². The van der Waals surface area contributed by atoms with Crippen molar-refractivity contribution in [3.8, 4) is 0 Å². The van der Waals surface area contributed by atoms with Crippen LogP contribution in [0.5, 0.6) is 0 Å². The van der Waals surface area contributed by atoms with Crippen LogP contribution >= 0.6 is 0 Å². The number of allylic oxidation sites excluding steroid dienone is 12. The molecular weight excluding hydrogens is 985 g/mol. The quantitative estimate of drug-likeness (QED) is 0.0261. The topological polar surface area (TPSA) is 78.9 Å². The van der Waals surface area contributed by atoms with E-state index in [0.29, 0.717) is 19.3 Å². The molecule has 0 heterocycles. The van der Waals surface area contributed by atoms with Gasteiger partial charge in [-0.1, -0.05) is 306 Å². The van der Waals surface area contributed by atoms with Gasteiger partial charge in [0.2, 0.25) is 0 Å². The number of carbonyl (C=O) groups is 3. The minimum Gasteiger partial charge on any atom is -0.462 e. The SMILES string of the molecule is CCCC/C=C\C/C=C\CCCCCCCC(=O)OCC(COC(=O)CCCCCCCCCCCCCCCCCCC/C=C\CCCCCCCCCC)OC(=O)CCCCCCCC/C=C\C/C=C\C/C=C\CCCCC. The van der Waals surface area contributed by atoms with Gasteiger partial charge in [0.25, 0.3) is 0 Å². The fourth-order valence-electron chi connectivity index (χ4n) is 10.1. The molecule has 6 nitrogen and oxygen atoms in total. The van der Waals surface area contributed by atoms with E-state index < -0.39 is 6.10 Å². The lowest BCUT2D eigenvalue weighted by molar-refractivity contribution is -0.167. The number of carbonyl (C=O) groups excluding carboxylic acids is 3. The first-order valence-corrected chi connectivity index (χ1v) is 34.9. The summed E-state index contributed by atoms with van der Waals surface area (Å²) >= 11 is 0. The largest absolute Gasteiger partial charge is 0.462 e. The Hall–Kier alpha value is -3.15. The maximum Gasteiger partial charge on any atom is 0.306 e. The van der Waals surface area contributed by atoms with E-state index in [4.69, 9.17) is 14.2 Å². The summed E-state index contributed by atoms with van der Waals surface area (Å²) in [5.74, 6) is -0.892. The summed E-state index contributed by atoms with van der Waals surface area (Å²) in [5.41, 5.74) is 0. The molecule has 0 aliphatic heterocycles. The summed E-state index contributed by atoms with van der Waals surface area (Å²) in [5, 5.41) is 0. The van der Waals surface area contributed by atoms with Gasteiger partial charge in [-0.05, 0) is 109 Å². The third-order valence-electron chi connectivity index (χ3n) is 15.4. The van der Waals surface area contributed by atoms with E-state index in [1.165, 1.54) is 218 Å². The van der Waals surface area contributed by atoms with Crippen LogP contribution < -0.4 is 0 Å². The molecule has 1 atom stereocenters. The van der Waals surface area contributed by atoms with E-state index in [2.05, 4.69) is 93.7 Å². The Morgan fingerprint density at radius 3 is 0.775 bits per heavy atom. The van der Waals surface area contributed by atoms with E-state index in [1.54, 1.807) is 0 Å². The Morgan fingerprint density at radius 1 is 0.250 bits per heavy atom. The fraction of sp³-hybridized carbons (Fsp3) is 0.797. The summed E-state index contributed by atoms with van der Waals surface area (Å²) < 4.78 is 16.9. The summed E-state index contributed by atoms with van der Waals surface area (Å²) in [4.78, 5) is 38.4. The van der Waals surface area contributed by atoms with E-state index in [-0.39, 0.29) is 31.1 Å². The first kappa shape index (κ1) is 76.9. The van der Waals surface area contributed by atoms with Gasteiger partial charge in [-0.15, -0.1) is 0 Å². The van der Waals surface area contributed by atoms with Gasteiger partial charge in [-0.3, -0.25) is 14.4 Å². The van der Waals surface area contributed by atoms with Crippen molar-refractivity contribution in [2.24, 2.45) is 0 Å². The Morgan fingerprint density at radius 2 is 0.463 bits per heavy atom. The van der Waals surface area contributed by atoms with Gasteiger partial charge in [0.15, 0.2) is 6.10 Å². The van der Waals surface area contributed by atoms with E-state index in [0.717, 1.165) is 103 Å². The number of hydrogen-bond donors (Lipinski definition) is 0. The second kappa shape index (κ2) is 68.3. The van der Waals surface area contributed by atoms with Crippen molar-refractivity contribution in [1.82, 2.24) is 0 Å². The maximum absolute atomic E-state index is 12.9. The standard InChI is InChI=1S/C74H132O6/c1-4-7-10-13-16-19-22-25-28-30-32-33-34-35-36-37-38-39-40-41-43-44-46-49-52-55-58-61-64-67-73(76)79-70-71(69-78-72(75)66-63-60-57-54-51-48-27-24-21-18-15-12-9-6-3)80-74(77)68-65-62-59-56-53-50-47-45-42-31-29-26-23-20-17-14-11-8-5-2/h15,17-18,20,24,26-27,29-30,32,42,45,71H,4-14,16,19,21-23,25,28,31,33-41,43-44,46-70H2,1-3H3/b18-15-,20-17-,27-24-,29-26-,32-30-,45-42-. The zero-order valence-electron chi connectivity index (χ0n) is 53.3. The smallest absolute Gasteiger partial charge is 0.306 e. The number of rotatable bonds is 64. The lowest BCUT2D eigenvalue weighted by Crippen LogP contribution is -2.30. The van der Waals surface area contributed by atoms with Crippen molar-refractivity contribution in [3.05, 3.63) is 72.9 Å². The number of unbranched alkanes of at least 4 members (excludes halogenated alkanes) is 41. The first-order chi connectivity index (χ1) is 39.5. The molecule has 0 bridgehead atoms. The molecule has 0 aromatic carbocycles. The lowest BCUT2D eigenvalue weighted by Gasteiger charge is -2.18. The predicted octanol–water partition coefficient (Wildman–Crippen LogP) is 24.1. The number of ether oxygens (including phenoxy) is 3. The molecule has 0 rings (SSSR count). The third-order valence-corrected chi connectivity index (χ3v) is 15.4. The van der Waals surface area contributed by atoms with Crippen LogP contribution in [-0.4, -0.2) is 37.2 Å². The van der Waals surface area contributed by atoms with Gasteiger partial charge in [-0.2, -0.15) is 0 Å². The molecule has 0 aromatic rings. The van der Waals surface area contributed by atoms with Crippen molar-refractivity contribution in [2.75, 3.05) is 13.2 Å². The van der Waals surface area contributed by atoms with Crippen LogP contribution in [0, 0.1) is 0 Å². The van der Waals surface area contributed by atoms with Crippen LogP contribution in [-0.2, 0) is 28.6 Å². The normalized spacial score (nSPS) is 12.5. The molecule has 0 fully saturated rings. The Balaban J connectivity index is 4.25. The average Bonchev–Trinajstić information content (AvgIpc) is 3.46. The molecule has 1 unspecified atom stereocenters. The van der Waals surface area contributed by atoms with Crippen LogP contribution in [0.3, 0.4) is 0 Å². The van der Waals surface area contributed by atoms with Gasteiger partial charge in [0.05, 0.1) is 0 Å². The van der Waals surface area contributed by atoms with Crippen molar-refractivity contribution in [3.63, 3.8) is 0 Å². The molecule has 464 valence electrons. The highest BCUT2D eigenvalue weighted by atomic mass is 16.6. The van der Waals surface area contributed by atoms with E-state index >= 15 is 0 Å². The molecule has 0 aliphatic rings. The molecule has 0 saturated heterocycles. The second-order valence-electron chi connectivity index (χ2n) is 23.4. The molecule has 6 heteroatoms. The van der Waals surface area contributed by atoms with E-state index in [9.17, 15) is 14.4 Å². The highest BCUT2D eigenvalue weighted by Crippen LogP contribution is 2.17. The fourth-order valence-corrected chi connectivity index (χ4v) is 10.1. The minimum absolute atomic E-state index is 0.0829. The summed E-state index contributed by atoms with van der Waals surface area (Å²) in [7, 11) is 0. The van der Waals surface area contributed by atoms with Gasteiger partial charge in [-0.25, -0.2) is 0 Å². The van der Waals surface area contributed by atoms with Crippen LogP contribution in [0.1, 0.15) is 361 Å². The zero-order valence-corrected chi connectivity index (χ0v) is 53.3. The molecule has 0 aromatic heterocycles. The van der Waals surface area contributed by atoms with Gasteiger partial charge in [0, 0.05) is 19.3 Å². The molecular formula is C74H132O6. The highest BCUT2D eigenvalue weighted by Gasteiger charge is 2.19. The van der Waals surface area contributed by atoms with Crippen LogP contribution in [0.2, 0.25) is 0 Å². The summed E-state index contributed by atoms with van der Waals surface area (Å²) in [6.07, 6.45) is 89.3. The number of hydrogen-bond acceptors (Lipinski definition) is 6. The Labute approximate surface area is 497 Å². The molecule has 0 radical (unpaired) electrons.